The highest BCUT2D eigenvalue weighted by molar-refractivity contribution is 6.99. The maximum Gasteiger partial charge on any atom is 0.168 e. The van der Waals surface area contributed by atoms with Gasteiger partial charge in [0.05, 0.1) is 11.7 Å². The van der Waals surface area contributed by atoms with Crippen LogP contribution in [0.15, 0.2) is 24.3 Å². The summed E-state index contributed by atoms with van der Waals surface area (Å²) in [5.41, 5.74) is 3.43. The number of nitrogens with zero attached hydrogens (tertiary/aromatic N) is 2. The molecule has 0 saturated carbocycles. The molecule has 0 atom stereocenters. The Morgan fingerprint density at radius 1 is 1.25 bits per heavy atom. The van der Waals surface area contributed by atoms with Crippen LogP contribution in [0.5, 0.6) is 0 Å². The topological polar surface area (TPSA) is 37.8 Å². The van der Waals surface area contributed by atoms with E-state index in [0.717, 1.165) is 30.0 Å². The Labute approximate surface area is 99.9 Å². The monoisotopic (exact) mass is 233 g/mol. The van der Waals surface area contributed by atoms with E-state index in [9.17, 15) is 0 Å². The molecule has 1 heterocycles. The van der Waals surface area contributed by atoms with E-state index in [0.29, 0.717) is 0 Å². The summed E-state index contributed by atoms with van der Waals surface area (Å²) in [5, 5.41) is 3.23. The Balaban J connectivity index is 2.37. The Morgan fingerprint density at radius 3 is 2.88 bits per heavy atom. The zero-order chi connectivity index (χ0) is 11.4. The molecule has 1 aromatic heterocycles. The van der Waals surface area contributed by atoms with Gasteiger partial charge in [0.2, 0.25) is 0 Å². The van der Waals surface area contributed by atoms with E-state index in [-0.39, 0.29) is 0 Å². The van der Waals surface area contributed by atoms with Crippen LogP contribution in [0.4, 0.5) is 5.82 Å². The Kier molecular flexibility index (Phi) is 3.51. The molecule has 84 valence electrons. The van der Waals surface area contributed by atoms with Crippen molar-refractivity contribution in [2.75, 3.05) is 11.9 Å². The molecule has 0 fully saturated rings. The molecule has 1 N–H and O–H groups in total. The van der Waals surface area contributed by atoms with Gasteiger partial charge in [-0.25, -0.2) is 0 Å². The lowest BCUT2D eigenvalue weighted by Crippen LogP contribution is -1.98. The van der Waals surface area contributed by atoms with Gasteiger partial charge in [-0.1, -0.05) is 25.1 Å². The van der Waals surface area contributed by atoms with Gasteiger partial charge in [0.15, 0.2) is 5.82 Å². The fourth-order valence-corrected chi connectivity index (χ4v) is 2.15. The summed E-state index contributed by atoms with van der Waals surface area (Å²) in [4.78, 5) is 0. The highest BCUT2D eigenvalue weighted by atomic mass is 32.1. The summed E-state index contributed by atoms with van der Waals surface area (Å²) in [7, 11) is 0. The van der Waals surface area contributed by atoms with Crippen molar-refractivity contribution in [1.82, 2.24) is 8.75 Å². The molecule has 0 aliphatic rings. The standard InChI is InChI=1S/C12H15N3S/c1-3-9-6-5-7-10(8-9)11-12(13-4-2)15-16-14-11/h5-8H,3-4H2,1-2H3,(H,13,15). The molecule has 2 rings (SSSR count). The number of hydrogen-bond acceptors (Lipinski definition) is 4. The highest BCUT2D eigenvalue weighted by Gasteiger charge is 2.09. The summed E-state index contributed by atoms with van der Waals surface area (Å²) >= 11 is 1.25. The average molecular weight is 233 g/mol. The summed E-state index contributed by atoms with van der Waals surface area (Å²) in [6.07, 6.45) is 1.04. The second-order valence-corrected chi connectivity index (χ2v) is 4.07. The number of hydrogen-bond donors (Lipinski definition) is 1. The van der Waals surface area contributed by atoms with Crippen molar-refractivity contribution in [1.29, 1.82) is 0 Å². The summed E-state index contributed by atoms with van der Waals surface area (Å²) < 4.78 is 8.61. The maximum absolute atomic E-state index is 4.35. The first-order valence-corrected chi connectivity index (χ1v) is 6.24. The number of benzene rings is 1. The van der Waals surface area contributed by atoms with Crippen molar-refractivity contribution in [2.45, 2.75) is 20.3 Å². The molecule has 0 radical (unpaired) electrons. The Hall–Kier alpha value is -1.42. The fourth-order valence-electron chi connectivity index (χ4n) is 1.60. The minimum absolute atomic E-state index is 0.867. The number of nitrogens with one attached hydrogen (secondary N) is 1. The lowest BCUT2D eigenvalue weighted by atomic mass is 10.1. The van der Waals surface area contributed by atoms with Crippen LogP contribution in [-0.4, -0.2) is 15.3 Å². The molecule has 0 spiro atoms. The van der Waals surface area contributed by atoms with E-state index in [1.54, 1.807) is 0 Å². The molecule has 2 aromatic rings. The number of anilines is 1. The van der Waals surface area contributed by atoms with Gasteiger partial charge in [0.25, 0.3) is 0 Å². The van der Waals surface area contributed by atoms with E-state index in [1.807, 2.05) is 0 Å². The largest absolute Gasteiger partial charge is 0.368 e. The summed E-state index contributed by atoms with van der Waals surface area (Å²) in [6.45, 7) is 5.08. The fraction of sp³-hybridized carbons (Fsp3) is 0.333. The van der Waals surface area contributed by atoms with Crippen LogP contribution in [0.2, 0.25) is 0 Å². The molecule has 4 heteroatoms. The molecular weight excluding hydrogens is 218 g/mol. The van der Waals surface area contributed by atoms with Crippen LogP contribution in [0.3, 0.4) is 0 Å². The van der Waals surface area contributed by atoms with Crippen LogP contribution in [0, 0.1) is 0 Å². The maximum atomic E-state index is 4.35. The molecule has 0 aliphatic carbocycles. The third kappa shape index (κ3) is 2.22. The van der Waals surface area contributed by atoms with E-state index in [1.165, 1.54) is 17.3 Å². The Morgan fingerprint density at radius 2 is 2.12 bits per heavy atom. The molecule has 0 saturated heterocycles. The van der Waals surface area contributed by atoms with Crippen molar-refractivity contribution in [3.63, 3.8) is 0 Å². The lowest BCUT2D eigenvalue weighted by Gasteiger charge is -2.03. The normalized spacial score (nSPS) is 10.4. The summed E-state index contributed by atoms with van der Waals surface area (Å²) in [6, 6.07) is 8.47. The van der Waals surface area contributed by atoms with Gasteiger partial charge in [-0.05, 0) is 25.0 Å². The predicted molar refractivity (Wildman–Crippen MR) is 68.9 cm³/mol. The van der Waals surface area contributed by atoms with Crippen LogP contribution >= 0.6 is 11.7 Å². The van der Waals surface area contributed by atoms with Gasteiger partial charge in [0, 0.05) is 12.1 Å². The molecule has 1 aromatic carbocycles. The second-order valence-electron chi connectivity index (χ2n) is 3.55. The van der Waals surface area contributed by atoms with Crippen molar-refractivity contribution in [2.24, 2.45) is 0 Å². The average Bonchev–Trinajstić information content (AvgIpc) is 2.78. The zero-order valence-corrected chi connectivity index (χ0v) is 10.3. The first-order valence-electron chi connectivity index (χ1n) is 5.51. The van der Waals surface area contributed by atoms with E-state index < -0.39 is 0 Å². The van der Waals surface area contributed by atoms with Crippen molar-refractivity contribution in [3.05, 3.63) is 29.8 Å². The second kappa shape index (κ2) is 5.07. The van der Waals surface area contributed by atoms with E-state index in [2.05, 4.69) is 52.2 Å². The SMILES string of the molecule is CCNc1nsnc1-c1cccc(CC)c1. The molecule has 3 nitrogen and oxygen atoms in total. The Bertz CT molecular complexity index is 465. The van der Waals surface area contributed by atoms with Crippen LogP contribution in [0.25, 0.3) is 11.3 Å². The molecule has 0 amide bonds. The van der Waals surface area contributed by atoms with Gasteiger partial charge in [0.1, 0.15) is 5.69 Å². The first-order chi connectivity index (χ1) is 7.85. The van der Waals surface area contributed by atoms with Crippen molar-refractivity contribution < 1.29 is 0 Å². The van der Waals surface area contributed by atoms with Crippen LogP contribution in [-0.2, 0) is 6.42 Å². The third-order valence-electron chi connectivity index (χ3n) is 2.44. The summed E-state index contributed by atoms with van der Waals surface area (Å²) in [5.74, 6) is 0.890. The van der Waals surface area contributed by atoms with Gasteiger partial charge >= 0.3 is 0 Å². The molecule has 16 heavy (non-hydrogen) atoms. The van der Waals surface area contributed by atoms with Crippen LogP contribution < -0.4 is 5.32 Å². The lowest BCUT2D eigenvalue weighted by molar-refractivity contribution is 1.14. The zero-order valence-electron chi connectivity index (χ0n) is 9.53. The predicted octanol–water partition coefficient (Wildman–Crippen LogP) is 3.20. The first kappa shape index (κ1) is 11.1. The molecular formula is C12H15N3S. The molecule has 0 bridgehead atoms. The van der Waals surface area contributed by atoms with Crippen molar-refractivity contribution in [3.8, 4) is 11.3 Å². The quantitative estimate of drug-likeness (QED) is 0.881. The minimum Gasteiger partial charge on any atom is -0.368 e. The number of aryl methyl sites for hydroxylation is 1. The number of rotatable bonds is 4. The molecule has 0 aliphatic heterocycles. The highest BCUT2D eigenvalue weighted by Crippen LogP contribution is 2.26. The van der Waals surface area contributed by atoms with Gasteiger partial charge in [-0.2, -0.15) is 8.75 Å². The minimum atomic E-state index is 0.867. The smallest absolute Gasteiger partial charge is 0.168 e. The van der Waals surface area contributed by atoms with E-state index in [4.69, 9.17) is 0 Å². The van der Waals surface area contributed by atoms with E-state index >= 15 is 0 Å². The van der Waals surface area contributed by atoms with Crippen molar-refractivity contribution >= 4 is 17.5 Å². The van der Waals surface area contributed by atoms with Gasteiger partial charge in [-0.3, -0.25) is 0 Å². The van der Waals surface area contributed by atoms with Crippen LogP contribution in [0.1, 0.15) is 19.4 Å². The number of aromatic nitrogens is 2. The third-order valence-corrected chi connectivity index (χ3v) is 2.97. The molecule has 0 unspecified atom stereocenters. The van der Waals surface area contributed by atoms with Gasteiger partial charge < -0.3 is 5.32 Å². The van der Waals surface area contributed by atoms with Gasteiger partial charge in [-0.15, -0.1) is 0 Å².